The number of nitrogens with zero attached hydrogens (tertiary/aromatic N) is 6. The first kappa shape index (κ1) is 20.8. The van der Waals surface area contributed by atoms with Crippen LogP contribution in [-0.2, 0) is 0 Å². The summed E-state index contributed by atoms with van der Waals surface area (Å²) in [4.78, 5) is 10.1. The Kier molecular flexibility index (Phi) is 4.69. The molecule has 5 atom stereocenters. The van der Waals surface area contributed by atoms with E-state index in [1.165, 1.54) is 6.20 Å². The van der Waals surface area contributed by atoms with E-state index in [-0.39, 0.29) is 18.0 Å². The first-order valence-corrected chi connectivity index (χ1v) is 10.7. The van der Waals surface area contributed by atoms with Gasteiger partial charge in [0.2, 0.25) is 0 Å². The summed E-state index contributed by atoms with van der Waals surface area (Å²) < 4.78 is 31.9. The van der Waals surface area contributed by atoms with E-state index in [1.54, 1.807) is 47.4 Å². The Hall–Kier alpha value is -3.10. The number of hydrogen-bond acceptors (Lipinski definition) is 6. The summed E-state index contributed by atoms with van der Waals surface area (Å²) in [5.74, 6) is 0.696. The molecule has 168 valence electrons. The molecule has 1 N–H and O–H groups in total. The summed E-state index contributed by atoms with van der Waals surface area (Å²) in [6, 6.07) is 4.63. The molecule has 0 spiro atoms. The molecule has 32 heavy (non-hydrogen) atoms. The van der Waals surface area contributed by atoms with E-state index in [9.17, 15) is 9.50 Å². The minimum atomic E-state index is -1.16. The fourth-order valence-corrected chi connectivity index (χ4v) is 5.56. The molecule has 1 aromatic carbocycles. The van der Waals surface area contributed by atoms with Crippen molar-refractivity contribution in [3.63, 3.8) is 0 Å². The van der Waals surface area contributed by atoms with Gasteiger partial charge in [-0.1, -0.05) is 13.8 Å². The highest BCUT2D eigenvalue weighted by Crippen LogP contribution is 2.60. The maximum atomic E-state index is 15.4. The third-order valence-electron chi connectivity index (χ3n) is 7.32. The third-order valence-corrected chi connectivity index (χ3v) is 7.32. The molecule has 0 aliphatic heterocycles. The fourth-order valence-electron chi connectivity index (χ4n) is 5.56. The number of halogens is 2. The zero-order valence-corrected chi connectivity index (χ0v) is 18.3. The van der Waals surface area contributed by atoms with Crippen molar-refractivity contribution in [1.82, 2.24) is 24.7 Å². The SMILES string of the molecule is CN(c1cnc(-c2ccc(-n3ccnc3)cc2O)nn1)[C@@H]1C[C@]2(C)C[C@@](C)(C[C@H]2F)[C@H]1F. The van der Waals surface area contributed by atoms with Crippen molar-refractivity contribution < 1.29 is 13.9 Å². The minimum absolute atomic E-state index is 0.0154. The van der Waals surface area contributed by atoms with Crippen molar-refractivity contribution in [2.45, 2.75) is 51.5 Å². The van der Waals surface area contributed by atoms with Crippen molar-refractivity contribution in [3.05, 3.63) is 43.1 Å². The molecule has 7 nitrogen and oxygen atoms in total. The van der Waals surface area contributed by atoms with Crippen LogP contribution in [0.2, 0.25) is 0 Å². The van der Waals surface area contributed by atoms with E-state index < -0.39 is 29.2 Å². The molecule has 2 fully saturated rings. The lowest BCUT2D eigenvalue weighted by molar-refractivity contribution is 0.0315. The zero-order valence-electron chi connectivity index (χ0n) is 18.3. The van der Waals surface area contributed by atoms with Gasteiger partial charge in [0, 0.05) is 36.3 Å². The maximum absolute atomic E-state index is 15.4. The van der Waals surface area contributed by atoms with E-state index in [4.69, 9.17) is 0 Å². The molecular weight excluding hydrogens is 414 g/mol. The Morgan fingerprint density at radius 3 is 2.62 bits per heavy atom. The van der Waals surface area contributed by atoms with Crippen molar-refractivity contribution in [2.24, 2.45) is 10.8 Å². The second-order valence-corrected chi connectivity index (χ2v) is 9.75. The molecule has 5 rings (SSSR count). The van der Waals surface area contributed by atoms with Crippen LogP contribution in [0.4, 0.5) is 14.6 Å². The van der Waals surface area contributed by atoms with Crippen molar-refractivity contribution in [1.29, 1.82) is 0 Å². The Bertz CT molecular complexity index is 1120. The molecule has 2 aliphatic carbocycles. The number of phenolic OH excluding ortho intramolecular Hbond substituents is 1. The molecule has 0 radical (unpaired) electrons. The Balaban J connectivity index is 1.38. The first-order valence-electron chi connectivity index (χ1n) is 10.7. The van der Waals surface area contributed by atoms with Gasteiger partial charge in [0.15, 0.2) is 11.6 Å². The number of alkyl halides is 2. The summed E-state index contributed by atoms with van der Waals surface area (Å²) >= 11 is 0. The number of rotatable bonds is 4. The molecule has 0 saturated heterocycles. The highest BCUT2D eigenvalue weighted by Gasteiger charge is 2.61. The summed E-state index contributed by atoms with van der Waals surface area (Å²) in [6.07, 6.45) is 5.66. The topological polar surface area (TPSA) is 80.0 Å². The highest BCUT2D eigenvalue weighted by molar-refractivity contribution is 5.66. The average Bonchev–Trinajstić information content (AvgIpc) is 3.37. The lowest BCUT2D eigenvalue weighted by Gasteiger charge is -2.46. The quantitative estimate of drug-likeness (QED) is 0.657. The number of aromatic hydroxyl groups is 1. The van der Waals surface area contributed by atoms with Gasteiger partial charge in [-0.2, -0.15) is 0 Å². The van der Waals surface area contributed by atoms with E-state index in [0.717, 1.165) is 5.69 Å². The Morgan fingerprint density at radius 2 is 1.97 bits per heavy atom. The summed E-state index contributed by atoms with van der Waals surface area (Å²) in [5, 5.41) is 18.9. The number of imidazole rings is 1. The standard InChI is InChI=1S/C23H26F2N6O/c1-22-9-16(20(25)23(2,12-22)10-18(22)24)30(3)19-11-27-21(29-28-19)15-5-4-14(8-17(15)32)31-7-6-26-13-31/h4-8,11,13,16,18,20,32H,9-10,12H2,1-3H3/t16-,18-,20+,22-,23-/m1/s1. The molecule has 2 saturated carbocycles. The van der Waals surface area contributed by atoms with Crippen molar-refractivity contribution >= 4 is 5.82 Å². The monoisotopic (exact) mass is 440 g/mol. The number of anilines is 1. The maximum Gasteiger partial charge on any atom is 0.185 e. The molecule has 3 aromatic rings. The van der Waals surface area contributed by atoms with Gasteiger partial charge in [-0.05, 0) is 31.4 Å². The van der Waals surface area contributed by atoms with Crippen LogP contribution >= 0.6 is 0 Å². The van der Waals surface area contributed by atoms with Gasteiger partial charge < -0.3 is 14.6 Å². The normalized spacial score (nSPS) is 31.6. The third kappa shape index (κ3) is 3.22. The van der Waals surface area contributed by atoms with Crippen LogP contribution < -0.4 is 4.90 Å². The van der Waals surface area contributed by atoms with Crippen LogP contribution in [0.3, 0.4) is 0 Å². The van der Waals surface area contributed by atoms with Crippen molar-refractivity contribution in [3.8, 4) is 22.8 Å². The number of benzene rings is 1. The lowest BCUT2D eigenvalue weighted by atomic mass is 9.67. The van der Waals surface area contributed by atoms with Gasteiger partial charge in [-0.3, -0.25) is 0 Å². The molecule has 2 heterocycles. The minimum Gasteiger partial charge on any atom is -0.507 e. The van der Waals surface area contributed by atoms with E-state index in [0.29, 0.717) is 24.2 Å². The van der Waals surface area contributed by atoms with Crippen LogP contribution in [0.5, 0.6) is 5.75 Å². The van der Waals surface area contributed by atoms with Gasteiger partial charge in [-0.15, -0.1) is 10.2 Å². The smallest absolute Gasteiger partial charge is 0.185 e. The van der Waals surface area contributed by atoms with E-state index in [1.807, 2.05) is 19.9 Å². The van der Waals surface area contributed by atoms with E-state index >= 15 is 4.39 Å². The second-order valence-electron chi connectivity index (χ2n) is 9.75. The second kappa shape index (κ2) is 7.21. The lowest BCUT2D eigenvalue weighted by Crippen LogP contribution is -2.52. The van der Waals surface area contributed by atoms with Crippen LogP contribution in [0, 0.1) is 10.8 Å². The predicted octanol–water partition coefficient (Wildman–Crippen LogP) is 4.12. The number of phenols is 1. The van der Waals surface area contributed by atoms with E-state index in [2.05, 4.69) is 20.2 Å². The largest absolute Gasteiger partial charge is 0.507 e. The predicted molar refractivity (Wildman–Crippen MR) is 116 cm³/mol. The molecular formula is C23H26F2N6O. The van der Waals surface area contributed by atoms with Gasteiger partial charge in [-0.25, -0.2) is 18.7 Å². The number of aromatic nitrogens is 5. The first-order chi connectivity index (χ1) is 15.2. The molecule has 2 bridgehead atoms. The molecule has 9 heteroatoms. The Labute approximate surface area is 185 Å². The van der Waals surface area contributed by atoms with Crippen molar-refractivity contribution in [2.75, 3.05) is 11.9 Å². The molecule has 2 aromatic heterocycles. The summed E-state index contributed by atoms with van der Waals surface area (Å²) in [5.41, 5.74) is -0.00791. The average molecular weight is 440 g/mol. The fraction of sp³-hybridized carbons (Fsp3) is 0.478. The van der Waals surface area contributed by atoms with Crippen LogP contribution in [0.25, 0.3) is 17.1 Å². The van der Waals surface area contributed by atoms with Gasteiger partial charge >= 0.3 is 0 Å². The number of fused-ring (bicyclic) bond motifs is 2. The highest BCUT2D eigenvalue weighted by atomic mass is 19.1. The summed E-state index contributed by atoms with van der Waals surface area (Å²) in [6.45, 7) is 3.76. The molecule has 0 amide bonds. The van der Waals surface area contributed by atoms with Gasteiger partial charge in [0.25, 0.3) is 0 Å². The number of hydrogen-bond donors (Lipinski definition) is 1. The molecule has 2 aliphatic rings. The summed E-state index contributed by atoms with van der Waals surface area (Å²) in [7, 11) is 1.75. The van der Waals surface area contributed by atoms with Gasteiger partial charge in [0.1, 0.15) is 18.1 Å². The Morgan fingerprint density at radius 1 is 1.16 bits per heavy atom. The van der Waals surface area contributed by atoms with Crippen LogP contribution in [0.15, 0.2) is 43.1 Å². The van der Waals surface area contributed by atoms with Crippen LogP contribution in [-0.4, -0.2) is 55.3 Å². The molecule has 0 unspecified atom stereocenters. The van der Waals surface area contributed by atoms with Crippen LogP contribution in [0.1, 0.15) is 33.1 Å². The zero-order chi connectivity index (χ0) is 22.7. The van der Waals surface area contributed by atoms with Gasteiger partial charge in [0.05, 0.1) is 29.8 Å².